The maximum absolute atomic E-state index is 13.8. The minimum Gasteiger partial charge on any atom is -0.468 e. The fourth-order valence-corrected chi connectivity index (χ4v) is 19.5. The number of esters is 4. The Hall–Kier alpha value is -16.1. The molecule has 0 aliphatic carbocycles. The van der Waals surface area contributed by atoms with Gasteiger partial charge in [0.1, 0.15) is 72.6 Å². The molecule has 766 valence electrons. The average Bonchev–Trinajstić information content (AvgIpc) is 1.72. The Bertz CT molecular complexity index is 7030. The van der Waals surface area contributed by atoms with Crippen LogP contribution in [0.25, 0.3) is 43.1 Å². The summed E-state index contributed by atoms with van der Waals surface area (Å²) in [5.74, 6) is -6.89. The van der Waals surface area contributed by atoms with E-state index in [9.17, 15) is 87.6 Å². The monoisotopic (exact) mass is 2060 g/mol. The second-order valence-corrected chi connectivity index (χ2v) is 39.1. The number of amides is 9. The Kier molecular flexibility index (Phi) is 37.5. The van der Waals surface area contributed by atoms with Gasteiger partial charge in [-0.05, 0) is 137 Å². The van der Waals surface area contributed by atoms with Crippen molar-refractivity contribution in [1.82, 2.24) is 80.3 Å². The normalized spacial score (nSPS) is 17.6. The fraction of sp³-hybridized carbons (Fsp3) is 0.272. The van der Waals surface area contributed by atoms with Crippen molar-refractivity contribution in [1.29, 1.82) is 0 Å². The van der Waals surface area contributed by atoms with Crippen molar-refractivity contribution in [2.45, 2.75) is 90.2 Å². The van der Waals surface area contributed by atoms with Gasteiger partial charge in [-0.1, -0.05) is 176 Å². The lowest BCUT2D eigenvalue weighted by Crippen LogP contribution is -2.52. The summed E-state index contributed by atoms with van der Waals surface area (Å²) in [6.07, 6.45) is 12.5. The van der Waals surface area contributed by atoms with Gasteiger partial charge in [0.15, 0.2) is 0 Å². The molecule has 16 rings (SSSR count). The molecule has 41 nitrogen and oxygen atoms in total. The second kappa shape index (κ2) is 50.9. The number of benzene rings is 7. The number of methoxy groups -OCH3 is 3. The van der Waals surface area contributed by atoms with E-state index in [0.717, 1.165) is 27.1 Å². The van der Waals surface area contributed by atoms with Gasteiger partial charge in [0, 0.05) is 105 Å². The molecule has 0 bridgehead atoms. The number of ether oxygens (including phenoxy) is 5. The first-order valence-corrected chi connectivity index (χ1v) is 50.8. The minimum atomic E-state index is -3.86. The van der Waals surface area contributed by atoms with Crippen LogP contribution in [-0.4, -0.2) is 285 Å². The van der Waals surface area contributed by atoms with E-state index in [1.54, 1.807) is 141 Å². The number of rotatable bonds is 32. The number of hydrogen-bond acceptors (Lipinski definition) is 29. The first kappa shape index (κ1) is 108. The zero-order valence-corrected chi connectivity index (χ0v) is 82.6. The minimum absolute atomic E-state index is 0.00979. The van der Waals surface area contributed by atoms with Crippen LogP contribution in [0.3, 0.4) is 0 Å². The van der Waals surface area contributed by atoms with E-state index in [1.807, 2.05) is 72.8 Å². The molecule has 44 heteroatoms. The summed E-state index contributed by atoms with van der Waals surface area (Å²) in [4.78, 5) is 189. The third-order valence-electron chi connectivity index (χ3n) is 23.9. The molecule has 7 aromatic carbocycles. The van der Waals surface area contributed by atoms with Gasteiger partial charge in [0.25, 0.3) is 23.6 Å². The molecule has 5 aliphatic heterocycles. The van der Waals surface area contributed by atoms with Crippen LogP contribution in [0.4, 0.5) is 0 Å². The Balaban J connectivity index is 0.000000166. The Morgan fingerprint density at radius 2 is 0.626 bits per heavy atom. The van der Waals surface area contributed by atoms with Crippen LogP contribution in [0, 0.1) is 0 Å². The van der Waals surface area contributed by atoms with Crippen molar-refractivity contribution in [3.05, 3.63) is 306 Å². The third kappa shape index (κ3) is 29.0. The Morgan fingerprint density at radius 3 is 0.905 bits per heavy atom. The van der Waals surface area contributed by atoms with Gasteiger partial charge in [-0.3, -0.25) is 82.3 Å². The molecule has 6 atom stereocenters. The topological polar surface area (TPSA) is 557 Å². The smallest absolute Gasteiger partial charge is 0.325 e. The van der Waals surface area contributed by atoms with E-state index in [0.29, 0.717) is 44.7 Å². The van der Waals surface area contributed by atoms with E-state index in [1.165, 1.54) is 95.9 Å². The SMILES string of the molecule is CCOC1OC(=O)C[C@@H]1NC(=O)CN1CC(CNS(=O)(=O)c2ccccc2)=CC[C@H](NC(=O)c2nccc3ccccc23)C1=O.COC(=O)CN1CC(CN)=CC[C@H](NC(=O)c2nccc3ccccc23)C1=O.COC(=O)CN1CC(CNS(=O)(=O)c2ccccc2)=CC[C@H](NC(=O)c2nccc3ccccc23)C1=O.COC(=O)CN1CC(CNS(=O)(=O)c2ccccc2)=CC[C@H](NC(=O)c2nccc3ccccc23)C1=O. The number of carbonyl (C=O) groups is 13. The molecular formula is C103H107N17O24S3. The molecular weight excluding hydrogens is 1960 g/mol. The molecule has 1 unspecified atom stereocenters. The highest BCUT2D eigenvalue weighted by molar-refractivity contribution is 7.90. The number of cyclic esters (lactones) is 1. The van der Waals surface area contributed by atoms with Crippen LogP contribution >= 0.6 is 0 Å². The van der Waals surface area contributed by atoms with Gasteiger partial charge >= 0.3 is 23.9 Å². The van der Waals surface area contributed by atoms with Crippen LogP contribution in [0.2, 0.25) is 0 Å². The first-order chi connectivity index (χ1) is 70.7. The van der Waals surface area contributed by atoms with Crippen molar-refractivity contribution in [3.8, 4) is 0 Å². The Morgan fingerprint density at radius 1 is 0.361 bits per heavy atom. The lowest BCUT2D eigenvalue weighted by Gasteiger charge is -2.26. The molecule has 9 heterocycles. The molecule has 0 spiro atoms. The van der Waals surface area contributed by atoms with E-state index in [4.69, 9.17) is 24.7 Å². The largest absolute Gasteiger partial charge is 0.468 e. The zero-order chi connectivity index (χ0) is 105. The molecule has 147 heavy (non-hydrogen) atoms. The van der Waals surface area contributed by atoms with Crippen LogP contribution in [-0.2, 0) is 96.9 Å². The molecule has 0 saturated carbocycles. The van der Waals surface area contributed by atoms with Gasteiger partial charge in [0.05, 0.1) is 49.0 Å². The predicted molar refractivity (Wildman–Crippen MR) is 537 cm³/mol. The molecule has 10 N–H and O–H groups in total. The van der Waals surface area contributed by atoms with Crippen LogP contribution in [0.5, 0.6) is 0 Å². The van der Waals surface area contributed by atoms with Crippen molar-refractivity contribution in [2.24, 2.45) is 5.73 Å². The highest BCUT2D eigenvalue weighted by Crippen LogP contribution is 2.27. The fourth-order valence-electron chi connectivity index (χ4n) is 16.3. The number of nitrogens with zero attached hydrogens (tertiary/aromatic N) is 8. The van der Waals surface area contributed by atoms with E-state index < -0.39 is 144 Å². The number of hydrogen-bond donors (Lipinski definition) is 9. The van der Waals surface area contributed by atoms with Gasteiger partial charge in [0.2, 0.25) is 65.9 Å². The number of nitrogens with one attached hydrogen (secondary N) is 8. The number of fused-ring (bicyclic) bond motifs is 4. The summed E-state index contributed by atoms with van der Waals surface area (Å²) in [6.45, 7) is 0.750. The molecule has 5 aliphatic rings. The van der Waals surface area contributed by atoms with E-state index in [2.05, 4.69) is 65.4 Å². The van der Waals surface area contributed by atoms with Crippen LogP contribution in [0.15, 0.2) is 298 Å². The van der Waals surface area contributed by atoms with Crippen LogP contribution < -0.4 is 46.5 Å². The molecule has 11 aromatic rings. The summed E-state index contributed by atoms with van der Waals surface area (Å²) in [6, 6.07) is 55.4. The van der Waals surface area contributed by atoms with Crippen molar-refractivity contribution < 1.29 is 111 Å². The molecule has 4 aromatic heterocycles. The van der Waals surface area contributed by atoms with E-state index >= 15 is 0 Å². The Labute approximate surface area is 845 Å². The van der Waals surface area contributed by atoms with Crippen LogP contribution in [0.1, 0.15) is 81.0 Å². The summed E-state index contributed by atoms with van der Waals surface area (Å²) in [7, 11) is -7.75. The predicted octanol–water partition coefficient (Wildman–Crippen LogP) is 5.18. The number of sulfonamides is 3. The lowest BCUT2D eigenvalue weighted by molar-refractivity contribution is -0.164. The summed E-state index contributed by atoms with van der Waals surface area (Å²) in [5.41, 5.74) is 8.93. The summed E-state index contributed by atoms with van der Waals surface area (Å²) in [5, 5.41) is 19.6. The van der Waals surface area contributed by atoms with Gasteiger partial charge in [-0.25, -0.2) is 39.4 Å². The number of carbonyl (C=O) groups excluding carboxylic acids is 13. The zero-order valence-electron chi connectivity index (χ0n) is 80.2. The molecule has 0 radical (unpaired) electrons. The number of pyridine rings is 4. The maximum Gasteiger partial charge on any atom is 0.325 e. The first-order valence-electron chi connectivity index (χ1n) is 46.3. The standard InChI is InChI=1S/C31H33N5O8S.2C26H26N4O6S.C20H22N4O4/c1-2-43-31-25(16-27(38)44-31)34-26(37)19-36-18-20(17-33-45(41,42)22-9-4-3-5-10-22)12-13-24(30(36)40)35-29(39)28-23-11-7-6-8-21(23)14-15-32-28;2*1-36-23(31)17-30-16-18(15-28-37(34,35)20-8-3-2-4-9-20)11-12-22(26(30)33)29-25(32)24-21-10-6-5-7-19(21)13-14-27-24;1-28-17(25)12-24-11-13(10-21)6-7-16(20(24)27)23-19(26)18-15-5-3-2-4-14(15)8-9-22-18/h3-12,14-15,24-25,31,33H,2,13,16-19H2,1H3,(H,34,37)(H,35,39);2*2-11,13-14,22,28H,12,15-17H2,1H3,(H,29,32);2-6,8-9,16H,7,10-12,21H2,1H3,(H,23,26)/t24-,25-,31?;2*22-;16-/m0000/s1. The van der Waals surface area contributed by atoms with E-state index in [-0.39, 0.29) is 148 Å². The highest BCUT2D eigenvalue weighted by atomic mass is 32.2. The summed E-state index contributed by atoms with van der Waals surface area (Å²) < 4.78 is 109. The van der Waals surface area contributed by atoms with Gasteiger partial charge < -0.3 is 75.6 Å². The van der Waals surface area contributed by atoms with Gasteiger partial charge in [-0.15, -0.1) is 0 Å². The van der Waals surface area contributed by atoms with Crippen molar-refractivity contribution in [2.75, 3.05) is 106 Å². The quantitative estimate of drug-likeness (QED) is 0.0149. The highest BCUT2D eigenvalue weighted by Gasteiger charge is 2.40. The molecule has 9 amide bonds. The number of nitrogens with two attached hydrogens (primary N) is 1. The lowest BCUT2D eigenvalue weighted by atomic mass is 10.1. The maximum atomic E-state index is 13.8. The molecule has 1 saturated heterocycles. The molecule has 1 fully saturated rings. The second-order valence-electron chi connectivity index (χ2n) is 33.8. The van der Waals surface area contributed by atoms with Gasteiger partial charge in [-0.2, -0.15) is 0 Å². The average molecular weight is 2060 g/mol. The van der Waals surface area contributed by atoms with Crippen molar-refractivity contribution in [3.63, 3.8) is 0 Å². The number of aromatic nitrogens is 4. The van der Waals surface area contributed by atoms with Crippen molar-refractivity contribution >= 4 is 150 Å². The third-order valence-corrected chi connectivity index (χ3v) is 28.1. The summed E-state index contributed by atoms with van der Waals surface area (Å²) >= 11 is 0.